The Morgan fingerprint density at radius 3 is 2.83 bits per heavy atom. The number of aromatic nitrogens is 3. The zero-order chi connectivity index (χ0) is 21.8. The van der Waals surface area contributed by atoms with E-state index in [1.807, 2.05) is 6.92 Å². The lowest BCUT2D eigenvalue weighted by Crippen LogP contribution is -2.40. The molecule has 0 bridgehead atoms. The largest absolute Gasteiger partial charge is 0.481 e. The Morgan fingerprint density at radius 1 is 1.33 bits per heavy atom. The van der Waals surface area contributed by atoms with Gasteiger partial charge in [0.15, 0.2) is 12.3 Å². The van der Waals surface area contributed by atoms with Crippen molar-refractivity contribution in [3.05, 3.63) is 56.3 Å². The maximum atomic E-state index is 12.7. The number of carbonyl (C=O) groups excluding carboxylic acids is 1. The van der Waals surface area contributed by atoms with Gasteiger partial charge in [0.25, 0.3) is 11.5 Å². The van der Waals surface area contributed by atoms with Crippen LogP contribution in [0.25, 0.3) is 10.9 Å². The molecule has 0 saturated heterocycles. The number of amides is 1. The van der Waals surface area contributed by atoms with Crippen LogP contribution in [0.1, 0.15) is 19.8 Å². The van der Waals surface area contributed by atoms with Crippen molar-refractivity contribution >= 4 is 39.9 Å². The third kappa shape index (κ3) is 4.16. The maximum absolute atomic E-state index is 12.7. The fourth-order valence-electron chi connectivity index (χ4n) is 3.03. The van der Waals surface area contributed by atoms with Crippen LogP contribution in [0, 0.1) is 0 Å². The molecule has 0 unspecified atom stereocenters. The predicted molar refractivity (Wildman–Crippen MR) is 116 cm³/mol. The van der Waals surface area contributed by atoms with Crippen LogP contribution < -0.4 is 26.6 Å². The number of anilines is 2. The van der Waals surface area contributed by atoms with Crippen LogP contribution in [0.2, 0.25) is 5.02 Å². The predicted octanol–water partition coefficient (Wildman–Crippen LogP) is 2.16. The van der Waals surface area contributed by atoms with Crippen molar-refractivity contribution in [3.63, 3.8) is 0 Å². The van der Waals surface area contributed by atoms with Crippen LogP contribution in [0.4, 0.5) is 11.5 Å². The Bertz CT molecular complexity index is 1200. The topological polar surface area (TPSA) is 123 Å². The van der Waals surface area contributed by atoms with Gasteiger partial charge in [0.05, 0.1) is 5.02 Å². The summed E-state index contributed by atoms with van der Waals surface area (Å²) in [6, 6.07) is 6.82. The molecule has 10 heteroatoms. The Hall–Kier alpha value is -3.33. The van der Waals surface area contributed by atoms with E-state index in [-0.39, 0.29) is 18.1 Å². The minimum absolute atomic E-state index is 0.0633. The highest BCUT2D eigenvalue weighted by Crippen LogP contribution is 2.29. The van der Waals surface area contributed by atoms with Crippen molar-refractivity contribution in [2.24, 2.45) is 0 Å². The van der Waals surface area contributed by atoms with Crippen LogP contribution >= 0.6 is 11.6 Å². The van der Waals surface area contributed by atoms with Crippen molar-refractivity contribution < 1.29 is 9.53 Å². The summed E-state index contributed by atoms with van der Waals surface area (Å²) < 4.78 is 6.89. The SMILES string of the molecule is CCCCn1c(N)c(N(C)C(=O)COc2ccc(Cl)c3cccnc23)c(=O)[nH]c1=O. The van der Waals surface area contributed by atoms with Crippen LogP contribution in [0.15, 0.2) is 40.1 Å². The van der Waals surface area contributed by atoms with Gasteiger partial charge >= 0.3 is 5.69 Å². The molecule has 9 nitrogen and oxygen atoms in total. The number of hydrogen-bond donors (Lipinski definition) is 2. The van der Waals surface area contributed by atoms with E-state index in [9.17, 15) is 14.4 Å². The number of nitrogens with two attached hydrogens (primary N) is 1. The second kappa shape index (κ2) is 9.00. The molecule has 2 heterocycles. The number of H-pyrrole nitrogens is 1. The number of nitrogens with one attached hydrogen (secondary N) is 1. The number of unbranched alkanes of at least 4 members (excludes halogenated alkanes) is 1. The Morgan fingerprint density at radius 2 is 2.10 bits per heavy atom. The molecule has 0 aliphatic carbocycles. The Labute approximate surface area is 177 Å². The second-order valence-corrected chi connectivity index (χ2v) is 7.09. The van der Waals surface area contributed by atoms with Gasteiger partial charge in [0, 0.05) is 25.2 Å². The summed E-state index contributed by atoms with van der Waals surface area (Å²) in [6.45, 7) is 1.94. The molecule has 0 fully saturated rings. The number of hydrogen-bond acceptors (Lipinski definition) is 6. The standard InChI is InChI=1S/C20H22ClN5O4/c1-3-4-10-26-18(22)17(19(28)24-20(26)29)25(2)15(27)11-30-14-8-7-13(21)12-6-5-9-23-16(12)14/h5-9H,3-4,10-11,22H2,1-2H3,(H,24,28,29). The van der Waals surface area contributed by atoms with Crippen LogP contribution in [-0.2, 0) is 11.3 Å². The summed E-state index contributed by atoms with van der Waals surface area (Å²) in [5.41, 5.74) is 5.12. The van der Waals surface area contributed by atoms with Gasteiger partial charge in [-0.15, -0.1) is 0 Å². The summed E-state index contributed by atoms with van der Waals surface area (Å²) >= 11 is 6.17. The van der Waals surface area contributed by atoms with Gasteiger partial charge in [-0.1, -0.05) is 24.9 Å². The van der Waals surface area contributed by atoms with E-state index in [1.54, 1.807) is 30.5 Å². The van der Waals surface area contributed by atoms with E-state index in [4.69, 9.17) is 22.1 Å². The molecule has 0 radical (unpaired) electrons. The molecule has 2 aromatic heterocycles. The third-order valence-electron chi connectivity index (χ3n) is 4.69. The zero-order valence-corrected chi connectivity index (χ0v) is 17.4. The molecule has 0 aliphatic heterocycles. The average molecular weight is 432 g/mol. The van der Waals surface area contributed by atoms with Crippen molar-refractivity contribution in [1.82, 2.24) is 14.5 Å². The molecule has 3 aromatic rings. The lowest BCUT2D eigenvalue weighted by molar-refractivity contribution is -0.120. The van der Waals surface area contributed by atoms with E-state index in [0.717, 1.165) is 11.3 Å². The lowest BCUT2D eigenvalue weighted by atomic mass is 10.2. The first-order valence-corrected chi connectivity index (χ1v) is 9.78. The quantitative estimate of drug-likeness (QED) is 0.590. The normalized spacial score (nSPS) is 10.9. The number of likely N-dealkylation sites (N-methyl/N-ethyl adjacent to an activating group) is 1. The fourth-order valence-corrected chi connectivity index (χ4v) is 3.24. The minimum Gasteiger partial charge on any atom is -0.481 e. The molecule has 3 N–H and O–H groups in total. The molecule has 0 spiro atoms. The summed E-state index contributed by atoms with van der Waals surface area (Å²) in [5.74, 6) is -0.204. The number of fused-ring (bicyclic) bond motifs is 1. The molecule has 1 amide bonds. The van der Waals surface area contributed by atoms with Crippen LogP contribution in [0.5, 0.6) is 5.75 Å². The summed E-state index contributed by atoms with van der Waals surface area (Å²) in [4.78, 5) is 44.6. The fraction of sp³-hybridized carbons (Fsp3) is 0.300. The Balaban J connectivity index is 1.85. The number of rotatable bonds is 7. The molecular formula is C20H22ClN5O4. The van der Waals surface area contributed by atoms with Crippen molar-refractivity contribution in [2.45, 2.75) is 26.3 Å². The number of nitrogen functional groups attached to an aromatic ring is 1. The highest BCUT2D eigenvalue weighted by atomic mass is 35.5. The Kier molecular flexibility index (Phi) is 6.41. The molecule has 0 saturated carbocycles. The second-order valence-electron chi connectivity index (χ2n) is 6.68. The van der Waals surface area contributed by atoms with Crippen molar-refractivity contribution in [2.75, 3.05) is 24.3 Å². The minimum atomic E-state index is -0.736. The van der Waals surface area contributed by atoms with E-state index in [0.29, 0.717) is 34.6 Å². The zero-order valence-electron chi connectivity index (χ0n) is 16.6. The molecule has 3 rings (SSSR count). The van der Waals surface area contributed by atoms with E-state index in [2.05, 4.69) is 9.97 Å². The number of aromatic amines is 1. The molecule has 1 aromatic carbocycles. The first kappa shape index (κ1) is 21.4. The highest BCUT2D eigenvalue weighted by molar-refractivity contribution is 6.35. The first-order valence-electron chi connectivity index (χ1n) is 9.40. The number of ether oxygens (including phenoxy) is 1. The molecule has 30 heavy (non-hydrogen) atoms. The monoisotopic (exact) mass is 431 g/mol. The number of benzene rings is 1. The van der Waals surface area contributed by atoms with Gasteiger partial charge in [-0.3, -0.25) is 24.1 Å². The van der Waals surface area contributed by atoms with E-state index in [1.165, 1.54) is 11.6 Å². The molecular weight excluding hydrogens is 410 g/mol. The number of nitrogens with zero attached hydrogens (tertiary/aromatic N) is 3. The van der Waals surface area contributed by atoms with Gasteiger partial charge in [0.2, 0.25) is 0 Å². The summed E-state index contributed by atoms with van der Waals surface area (Å²) in [5, 5.41) is 1.21. The molecule has 0 atom stereocenters. The third-order valence-corrected chi connectivity index (χ3v) is 5.02. The van der Waals surface area contributed by atoms with Gasteiger partial charge in [-0.2, -0.15) is 0 Å². The number of pyridine rings is 1. The van der Waals surface area contributed by atoms with Gasteiger partial charge in [-0.25, -0.2) is 4.79 Å². The summed E-state index contributed by atoms with van der Waals surface area (Å²) in [7, 11) is 1.40. The number of halogens is 1. The van der Waals surface area contributed by atoms with E-state index < -0.39 is 17.2 Å². The number of carbonyl (C=O) groups is 1. The summed E-state index contributed by atoms with van der Waals surface area (Å²) in [6.07, 6.45) is 3.14. The smallest absolute Gasteiger partial charge is 0.330 e. The van der Waals surface area contributed by atoms with E-state index >= 15 is 0 Å². The average Bonchev–Trinajstić information content (AvgIpc) is 2.73. The molecule has 158 valence electrons. The van der Waals surface area contributed by atoms with Crippen LogP contribution in [-0.4, -0.2) is 34.1 Å². The van der Waals surface area contributed by atoms with Crippen molar-refractivity contribution in [1.29, 1.82) is 0 Å². The lowest BCUT2D eigenvalue weighted by Gasteiger charge is -2.20. The maximum Gasteiger partial charge on any atom is 0.330 e. The van der Waals surface area contributed by atoms with Gasteiger partial charge in [-0.05, 0) is 30.7 Å². The molecule has 0 aliphatic rings. The van der Waals surface area contributed by atoms with Crippen LogP contribution in [0.3, 0.4) is 0 Å². The van der Waals surface area contributed by atoms with Gasteiger partial charge < -0.3 is 15.4 Å². The van der Waals surface area contributed by atoms with Crippen molar-refractivity contribution in [3.8, 4) is 5.75 Å². The van der Waals surface area contributed by atoms with Gasteiger partial charge in [0.1, 0.15) is 17.1 Å². The first-order chi connectivity index (χ1) is 14.3. The highest BCUT2D eigenvalue weighted by Gasteiger charge is 2.21.